The summed E-state index contributed by atoms with van der Waals surface area (Å²) in [7, 11) is 1.26. The van der Waals surface area contributed by atoms with E-state index in [0.717, 1.165) is 6.42 Å². The summed E-state index contributed by atoms with van der Waals surface area (Å²) >= 11 is 6.07. The van der Waals surface area contributed by atoms with Crippen molar-refractivity contribution in [2.24, 2.45) is 0 Å². The number of carbonyl (C=O) groups is 3. The van der Waals surface area contributed by atoms with Gasteiger partial charge in [-0.3, -0.25) is 14.6 Å². The van der Waals surface area contributed by atoms with Gasteiger partial charge < -0.3 is 15.4 Å². The number of halogens is 1. The number of hydrogen-bond acceptors (Lipinski definition) is 5. The first-order chi connectivity index (χ1) is 12.5. The van der Waals surface area contributed by atoms with Crippen molar-refractivity contribution in [3.8, 4) is 0 Å². The Morgan fingerprint density at radius 2 is 1.88 bits per heavy atom. The first-order valence-corrected chi connectivity index (χ1v) is 8.27. The van der Waals surface area contributed by atoms with E-state index < -0.39 is 11.9 Å². The normalized spacial score (nSPS) is 10.1. The van der Waals surface area contributed by atoms with Crippen LogP contribution in [0.4, 0.5) is 5.69 Å². The number of pyridine rings is 1. The van der Waals surface area contributed by atoms with Crippen molar-refractivity contribution in [1.29, 1.82) is 0 Å². The number of esters is 1. The van der Waals surface area contributed by atoms with Crippen LogP contribution in [0, 0.1) is 0 Å². The lowest BCUT2D eigenvalue weighted by atomic mass is 10.1. The quantitative estimate of drug-likeness (QED) is 0.756. The standard InChI is InChI=1S/C18H18ClN3O4/c1-3-7-21-17(24)15-9-11(6-8-20-15)16(23)22-14-10-12(18(25)26-2)4-5-13(14)19/h4-6,8-10H,3,7H2,1-2H3,(H,21,24)(H,22,23). The number of ether oxygens (including phenoxy) is 1. The second kappa shape index (κ2) is 8.96. The van der Waals surface area contributed by atoms with E-state index in [4.69, 9.17) is 11.6 Å². The van der Waals surface area contributed by atoms with E-state index in [0.29, 0.717) is 6.54 Å². The molecule has 8 heteroatoms. The predicted octanol–water partition coefficient (Wildman–Crippen LogP) is 2.91. The molecule has 7 nitrogen and oxygen atoms in total. The number of nitrogens with one attached hydrogen (secondary N) is 2. The molecule has 2 aromatic rings. The van der Waals surface area contributed by atoms with Crippen LogP contribution in [-0.2, 0) is 4.74 Å². The molecule has 1 aromatic carbocycles. The van der Waals surface area contributed by atoms with Gasteiger partial charge in [-0.1, -0.05) is 18.5 Å². The molecule has 0 radical (unpaired) electrons. The first kappa shape index (κ1) is 19.4. The molecule has 0 spiro atoms. The summed E-state index contributed by atoms with van der Waals surface area (Å²) in [6.45, 7) is 2.45. The zero-order valence-electron chi connectivity index (χ0n) is 14.3. The Morgan fingerprint density at radius 1 is 1.12 bits per heavy atom. The molecular weight excluding hydrogens is 358 g/mol. The second-order valence-corrected chi connectivity index (χ2v) is 5.73. The van der Waals surface area contributed by atoms with Crippen molar-refractivity contribution < 1.29 is 19.1 Å². The minimum absolute atomic E-state index is 0.139. The third-order valence-corrected chi connectivity index (χ3v) is 3.76. The van der Waals surface area contributed by atoms with Crippen molar-refractivity contribution in [3.05, 3.63) is 58.4 Å². The maximum atomic E-state index is 12.5. The number of rotatable bonds is 6. The molecule has 0 unspecified atom stereocenters. The number of aromatic nitrogens is 1. The fourth-order valence-corrected chi connectivity index (χ4v) is 2.25. The highest BCUT2D eigenvalue weighted by molar-refractivity contribution is 6.34. The Bertz CT molecular complexity index is 839. The molecule has 0 bridgehead atoms. The van der Waals surface area contributed by atoms with E-state index >= 15 is 0 Å². The maximum Gasteiger partial charge on any atom is 0.337 e. The van der Waals surface area contributed by atoms with Gasteiger partial charge in [0, 0.05) is 18.3 Å². The third kappa shape index (κ3) is 4.80. The molecule has 0 atom stereocenters. The Balaban J connectivity index is 2.20. The smallest absolute Gasteiger partial charge is 0.337 e. The molecule has 0 saturated heterocycles. The highest BCUT2D eigenvalue weighted by Crippen LogP contribution is 2.24. The summed E-state index contributed by atoms with van der Waals surface area (Å²) in [6.07, 6.45) is 2.17. The topological polar surface area (TPSA) is 97.4 Å². The average molecular weight is 376 g/mol. The summed E-state index contributed by atoms with van der Waals surface area (Å²) in [6, 6.07) is 7.26. The first-order valence-electron chi connectivity index (χ1n) is 7.89. The molecule has 0 aliphatic carbocycles. The maximum absolute atomic E-state index is 12.5. The van der Waals surface area contributed by atoms with Gasteiger partial charge in [0.05, 0.1) is 23.4 Å². The number of nitrogens with zero attached hydrogens (tertiary/aromatic N) is 1. The summed E-state index contributed by atoms with van der Waals surface area (Å²) < 4.78 is 4.65. The summed E-state index contributed by atoms with van der Waals surface area (Å²) in [5.74, 6) is -1.39. The molecule has 1 aromatic heterocycles. The van der Waals surface area contributed by atoms with E-state index in [1.54, 1.807) is 0 Å². The molecule has 0 aliphatic heterocycles. The molecular formula is C18H18ClN3O4. The van der Waals surface area contributed by atoms with E-state index in [9.17, 15) is 14.4 Å². The van der Waals surface area contributed by atoms with Gasteiger partial charge in [-0.25, -0.2) is 4.79 Å². The van der Waals surface area contributed by atoms with Crippen LogP contribution in [0.2, 0.25) is 5.02 Å². The van der Waals surface area contributed by atoms with Gasteiger partial charge in [-0.05, 0) is 36.8 Å². The number of amides is 2. The monoisotopic (exact) mass is 375 g/mol. The molecule has 0 fully saturated rings. The lowest BCUT2D eigenvalue weighted by Crippen LogP contribution is -2.25. The van der Waals surface area contributed by atoms with Gasteiger partial charge in [0.1, 0.15) is 5.69 Å². The van der Waals surface area contributed by atoms with E-state index in [1.807, 2.05) is 6.92 Å². The highest BCUT2D eigenvalue weighted by atomic mass is 35.5. The molecule has 26 heavy (non-hydrogen) atoms. The molecule has 0 aliphatic rings. The van der Waals surface area contributed by atoms with Gasteiger partial charge in [0.2, 0.25) is 0 Å². The average Bonchev–Trinajstić information content (AvgIpc) is 2.67. The molecule has 136 valence electrons. The fourth-order valence-electron chi connectivity index (χ4n) is 2.09. The van der Waals surface area contributed by atoms with Crippen molar-refractivity contribution in [2.45, 2.75) is 13.3 Å². The fraction of sp³-hybridized carbons (Fsp3) is 0.222. The Morgan fingerprint density at radius 3 is 2.58 bits per heavy atom. The number of hydrogen-bond donors (Lipinski definition) is 2. The number of anilines is 1. The number of benzene rings is 1. The predicted molar refractivity (Wildman–Crippen MR) is 97.6 cm³/mol. The van der Waals surface area contributed by atoms with Crippen LogP contribution < -0.4 is 10.6 Å². The van der Waals surface area contributed by atoms with E-state index in [2.05, 4.69) is 20.4 Å². The summed E-state index contributed by atoms with van der Waals surface area (Å²) in [5.41, 5.74) is 0.886. The highest BCUT2D eigenvalue weighted by Gasteiger charge is 2.14. The van der Waals surface area contributed by atoms with Gasteiger partial charge in [0.25, 0.3) is 11.8 Å². The SMILES string of the molecule is CCCNC(=O)c1cc(C(=O)Nc2cc(C(=O)OC)ccc2Cl)ccn1. The minimum atomic E-state index is -0.545. The lowest BCUT2D eigenvalue weighted by Gasteiger charge is -2.10. The Labute approximate surface area is 155 Å². The van der Waals surface area contributed by atoms with Gasteiger partial charge in [0.15, 0.2) is 0 Å². The van der Waals surface area contributed by atoms with Gasteiger partial charge in [-0.15, -0.1) is 0 Å². The molecule has 1 heterocycles. The van der Waals surface area contributed by atoms with Crippen LogP contribution in [0.1, 0.15) is 44.5 Å². The Kier molecular flexibility index (Phi) is 6.68. The second-order valence-electron chi connectivity index (χ2n) is 5.33. The number of carbonyl (C=O) groups excluding carboxylic acids is 3. The van der Waals surface area contributed by atoms with Gasteiger partial charge in [-0.2, -0.15) is 0 Å². The van der Waals surface area contributed by atoms with E-state index in [1.165, 1.54) is 43.6 Å². The van der Waals surface area contributed by atoms with E-state index in [-0.39, 0.29) is 33.4 Å². The van der Waals surface area contributed by atoms with Gasteiger partial charge >= 0.3 is 5.97 Å². The van der Waals surface area contributed by atoms with Crippen LogP contribution in [0.15, 0.2) is 36.5 Å². The lowest BCUT2D eigenvalue weighted by molar-refractivity contribution is 0.0600. The molecule has 2 N–H and O–H groups in total. The summed E-state index contributed by atoms with van der Waals surface area (Å²) in [5, 5.41) is 5.58. The number of methoxy groups -OCH3 is 1. The van der Waals surface area contributed by atoms with Crippen LogP contribution in [-0.4, -0.2) is 36.4 Å². The van der Waals surface area contributed by atoms with Crippen molar-refractivity contribution in [3.63, 3.8) is 0 Å². The Hall–Kier alpha value is -2.93. The van der Waals surface area contributed by atoms with Crippen LogP contribution >= 0.6 is 11.6 Å². The molecule has 2 amide bonds. The minimum Gasteiger partial charge on any atom is -0.465 e. The summed E-state index contributed by atoms with van der Waals surface area (Å²) in [4.78, 5) is 40.0. The van der Waals surface area contributed by atoms with Crippen molar-refractivity contribution in [1.82, 2.24) is 10.3 Å². The third-order valence-electron chi connectivity index (χ3n) is 3.43. The largest absolute Gasteiger partial charge is 0.465 e. The van der Waals surface area contributed by atoms with Crippen LogP contribution in [0.5, 0.6) is 0 Å². The zero-order valence-corrected chi connectivity index (χ0v) is 15.1. The van der Waals surface area contributed by atoms with Crippen molar-refractivity contribution >= 4 is 35.1 Å². The van der Waals surface area contributed by atoms with Crippen molar-refractivity contribution in [2.75, 3.05) is 19.0 Å². The molecule has 2 rings (SSSR count). The van der Waals surface area contributed by atoms with Crippen LogP contribution in [0.3, 0.4) is 0 Å². The molecule has 0 saturated carbocycles. The zero-order chi connectivity index (χ0) is 19.1. The van der Waals surface area contributed by atoms with Crippen LogP contribution in [0.25, 0.3) is 0 Å².